The van der Waals surface area contributed by atoms with Gasteiger partial charge in [-0.05, 0) is 13.3 Å². The Kier molecular flexibility index (Phi) is 8.71. The fourth-order valence-electron chi connectivity index (χ4n) is 1.34. The predicted octanol–water partition coefficient (Wildman–Crippen LogP) is 0.594. The number of hydrogen-bond acceptors (Lipinski definition) is 5. The normalized spacial score (nSPS) is 13.2. The second-order valence-corrected chi connectivity index (χ2v) is 5.03. The van der Waals surface area contributed by atoms with Crippen molar-refractivity contribution in [3.63, 3.8) is 0 Å². The molecule has 0 aromatic carbocycles. The minimum absolute atomic E-state index is 0.0364. The van der Waals surface area contributed by atoms with Crippen molar-refractivity contribution < 1.29 is 19.5 Å². The molecule has 1 amide bonds. The summed E-state index contributed by atoms with van der Waals surface area (Å²) in [5.41, 5.74) is 0.509. The molecule has 0 aliphatic heterocycles. The average molecular weight is 302 g/mol. The molecule has 0 saturated carbocycles. The predicted molar refractivity (Wildman–Crippen MR) is 79.6 cm³/mol. The molecule has 0 bridgehead atoms. The smallest absolute Gasteiger partial charge is 0.306 e. The van der Waals surface area contributed by atoms with E-state index in [1.165, 1.54) is 6.92 Å². The number of carbonyl (C=O) groups is 3. The van der Waals surface area contributed by atoms with Gasteiger partial charge in [-0.2, -0.15) is 12.6 Å². The van der Waals surface area contributed by atoms with Crippen LogP contribution >= 0.6 is 12.6 Å². The van der Waals surface area contributed by atoms with Crippen LogP contribution < -0.4 is 10.6 Å². The fraction of sp³-hybridized carbons (Fsp3) is 0.615. The number of carboxylic acids is 1. The van der Waals surface area contributed by atoms with Gasteiger partial charge >= 0.3 is 5.97 Å². The molecule has 0 aromatic rings. The van der Waals surface area contributed by atoms with Crippen LogP contribution in [0, 0.1) is 5.92 Å². The first-order chi connectivity index (χ1) is 9.27. The van der Waals surface area contributed by atoms with Crippen LogP contribution in [0.3, 0.4) is 0 Å². The van der Waals surface area contributed by atoms with E-state index in [9.17, 15) is 14.4 Å². The van der Waals surface area contributed by atoms with Crippen molar-refractivity contribution in [2.24, 2.45) is 5.92 Å². The van der Waals surface area contributed by atoms with E-state index < -0.39 is 17.9 Å². The molecule has 0 rings (SSSR count). The molecule has 0 aliphatic carbocycles. The van der Waals surface area contributed by atoms with Crippen molar-refractivity contribution in [2.75, 3.05) is 12.3 Å². The van der Waals surface area contributed by atoms with Crippen molar-refractivity contribution in [1.29, 1.82) is 0 Å². The molecule has 0 radical (unpaired) electrons. The summed E-state index contributed by atoms with van der Waals surface area (Å²) >= 11 is 4.12. The molecule has 0 spiro atoms. The van der Waals surface area contributed by atoms with E-state index in [4.69, 9.17) is 5.11 Å². The highest BCUT2D eigenvalue weighted by molar-refractivity contribution is 7.80. The van der Waals surface area contributed by atoms with Crippen molar-refractivity contribution in [3.05, 3.63) is 12.3 Å². The summed E-state index contributed by atoms with van der Waals surface area (Å²) in [4.78, 5) is 33.2. The number of ketones is 1. The molecular weight excluding hydrogens is 280 g/mol. The summed E-state index contributed by atoms with van der Waals surface area (Å²) in [6.07, 6.45) is 0.394. The third kappa shape index (κ3) is 7.83. The fourth-order valence-corrected chi connectivity index (χ4v) is 1.65. The zero-order chi connectivity index (χ0) is 15.7. The van der Waals surface area contributed by atoms with Crippen molar-refractivity contribution >= 4 is 30.3 Å². The topological polar surface area (TPSA) is 95.5 Å². The van der Waals surface area contributed by atoms with Crippen molar-refractivity contribution in [1.82, 2.24) is 10.6 Å². The van der Waals surface area contributed by atoms with Gasteiger partial charge in [0.25, 0.3) is 0 Å². The molecule has 0 aromatic heterocycles. The first kappa shape index (κ1) is 18.5. The maximum Gasteiger partial charge on any atom is 0.306 e. The summed E-state index contributed by atoms with van der Waals surface area (Å²) < 4.78 is 0. The summed E-state index contributed by atoms with van der Waals surface area (Å²) in [5.74, 6) is -1.44. The third-order valence-corrected chi connectivity index (χ3v) is 3.09. The van der Waals surface area contributed by atoms with Crippen LogP contribution in [0.4, 0.5) is 0 Å². The maximum atomic E-state index is 11.7. The summed E-state index contributed by atoms with van der Waals surface area (Å²) in [5, 5.41) is 14.3. The van der Waals surface area contributed by atoms with Gasteiger partial charge in [0.15, 0.2) is 0 Å². The van der Waals surface area contributed by atoms with Crippen LogP contribution in [0.2, 0.25) is 0 Å². The average Bonchev–Trinajstić information content (AvgIpc) is 2.38. The Balaban J connectivity index is 4.21. The molecule has 3 N–H and O–H groups in total. The maximum absolute atomic E-state index is 11.7. The van der Waals surface area contributed by atoms with E-state index >= 15 is 0 Å². The first-order valence-electron chi connectivity index (χ1n) is 6.33. The van der Waals surface area contributed by atoms with E-state index in [0.29, 0.717) is 11.4 Å². The van der Waals surface area contributed by atoms with Gasteiger partial charge in [-0.1, -0.05) is 13.5 Å². The number of Topliss-reactive ketones (excluding diaryl/α,β-unsaturated/α-hetero) is 1. The van der Waals surface area contributed by atoms with Gasteiger partial charge in [-0.3, -0.25) is 14.4 Å². The molecule has 0 aliphatic rings. The van der Waals surface area contributed by atoms with Gasteiger partial charge < -0.3 is 15.7 Å². The molecule has 0 fully saturated rings. The van der Waals surface area contributed by atoms with E-state index in [1.807, 2.05) is 0 Å². The van der Waals surface area contributed by atoms with Gasteiger partial charge in [0.05, 0.1) is 18.5 Å². The lowest BCUT2D eigenvalue weighted by Crippen LogP contribution is -2.42. The van der Waals surface area contributed by atoms with E-state index in [-0.39, 0.29) is 31.1 Å². The zero-order valence-electron chi connectivity index (χ0n) is 11.8. The Morgan fingerprint density at radius 2 is 1.95 bits per heavy atom. The summed E-state index contributed by atoms with van der Waals surface area (Å²) in [6.45, 7) is 6.90. The quantitative estimate of drug-likeness (QED) is 0.443. The largest absolute Gasteiger partial charge is 0.481 e. The first-order valence-corrected chi connectivity index (χ1v) is 6.96. The molecule has 0 heterocycles. The molecule has 20 heavy (non-hydrogen) atoms. The van der Waals surface area contributed by atoms with Crippen LogP contribution in [0.15, 0.2) is 12.3 Å². The lowest BCUT2D eigenvalue weighted by atomic mass is 10.1. The molecule has 7 heteroatoms. The molecule has 0 unspecified atom stereocenters. The lowest BCUT2D eigenvalue weighted by molar-refractivity contribution is -0.141. The van der Waals surface area contributed by atoms with Crippen LogP contribution in [0.5, 0.6) is 0 Å². The van der Waals surface area contributed by atoms with E-state index in [1.54, 1.807) is 6.92 Å². The summed E-state index contributed by atoms with van der Waals surface area (Å²) in [7, 11) is 0. The number of thiol groups is 1. The number of aliphatic carboxylic acids is 1. The molecule has 2 atom stereocenters. The number of nitrogens with one attached hydrogen (secondary N) is 2. The minimum atomic E-state index is -0.920. The number of hydrogen-bond donors (Lipinski definition) is 4. The van der Waals surface area contributed by atoms with Gasteiger partial charge in [-0.15, -0.1) is 0 Å². The SMILES string of the molecule is C=C(NCC(C)=O)[C@H](CS)NC(=O)CC[C@H](C)C(=O)O. The van der Waals surface area contributed by atoms with Gasteiger partial charge in [0, 0.05) is 17.9 Å². The second-order valence-electron chi connectivity index (χ2n) is 4.66. The monoisotopic (exact) mass is 302 g/mol. The van der Waals surface area contributed by atoms with Crippen LogP contribution in [-0.4, -0.2) is 41.1 Å². The third-order valence-electron chi connectivity index (χ3n) is 2.73. The number of carboxylic acid groups (broad SMARTS) is 1. The molecule has 0 saturated heterocycles. The Morgan fingerprint density at radius 3 is 2.40 bits per heavy atom. The lowest BCUT2D eigenvalue weighted by Gasteiger charge is -2.20. The Labute approximate surface area is 124 Å². The second kappa shape index (κ2) is 9.41. The number of amides is 1. The van der Waals surface area contributed by atoms with Crippen molar-refractivity contribution in [2.45, 2.75) is 32.7 Å². The molecular formula is C13H22N2O4S. The van der Waals surface area contributed by atoms with E-state index in [2.05, 4.69) is 29.8 Å². The highest BCUT2D eigenvalue weighted by Gasteiger charge is 2.17. The Bertz CT molecular complexity index is 385. The Morgan fingerprint density at radius 1 is 1.35 bits per heavy atom. The van der Waals surface area contributed by atoms with Crippen LogP contribution in [-0.2, 0) is 14.4 Å². The van der Waals surface area contributed by atoms with Crippen molar-refractivity contribution in [3.8, 4) is 0 Å². The van der Waals surface area contributed by atoms with Gasteiger partial charge in [0.2, 0.25) is 5.91 Å². The van der Waals surface area contributed by atoms with Crippen LogP contribution in [0.1, 0.15) is 26.7 Å². The highest BCUT2D eigenvalue weighted by atomic mass is 32.1. The number of carbonyl (C=O) groups excluding carboxylic acids is 2. The van der Waals surface area contributed by atoms with Gasteiger partial charge in [0.1, 0.15) is 5.78 Å². The highest BCUT2D eigenvalue weighted by Crippen LogP contribution is 2.06. The summed E-state index contributed by atoms with van der Waals surface area (Å²) in [6, 6.07) is -0.398. The molecule has 114 valence electrons. The van der Waals surface area contributed by atoms with Gasteiger partial charge in [-0.25, -0.2) is 0 Å². The minimum Gasteiger partial charge on any atom is -0.481 e. The Hall–Kier alpha value is -1.50. The molecule has 6 nitrogen and oxygen atoms in total. The standard InChI is InChI=1S/C13H22N2O4S/c1-8(13(18)19)4-5-12(17)15-11(7-20)10(3)14-6-9(2)16/h8,11,14,20H,3-7H2,1-2H3,(H,15,17)(H,18,19)/t8-,11-/m0/s1. The zero-order valence-corrected chi connectivity index (χ0v) is 12.7. The van der Waals surface area contributed by atoms with E-state index in [0.717, 1.165) is 0 Å². The number of rotatable bonds is 10. The van der Waals surface area contributed by atoms with Crippen LogP contribution in [0.25, 0.3) is 0 Å².